The second kappa shape index (κ2) is 5.14. The van der Waals surface area contributed by atoms with Crippen molar-refractivity contribution in [3.8, 4) is 11.5 Å². The molecule has 0 aliphatic carbocycles. The average Bonchev–Trinajstić information content (AvgIpc) is 2.43. The Bertz CT molecular complexity index is 663. The summed E-state index contributed by atoms with van der Waals surface area (Å²) in [5, 5.41) is 9.42. The number of phenols is 1. The molecule has 2 aromatic carbocycles. The van der Waals surface area contributed by atoms with Crippen molar-refractivity contribution in [2.45, 2.75) is 6.10 Å². The van der Waals surface area contributed by atoms with Crippen LogP contribution in [0.4, 0.5) is 0 Å². The van der Waals surface area contributed by atoms with Crippen LogP contribution in [-0.4, -0.2) is 22.1 Å². The van der Waals surface area contributed by atoms with Crippen LogP contribution in [0.15, 0.2) is 48.5 Å². The first-order valence-electron chi connectivity index (χ1n) is 5.80. The predicted octanol–water partition coefficient (Wildman–Crippen LogP) is 1.45. The number of ether oxygens (including phenoxy) is 1. The summed E-state index contributed by atoms with van der Waals surface area (Å²) in [5.41, 5.74) is 0.810. The highest BCUT2D eigenvalue weighted by Gasteiger charge is 2.36. The van der Waals surface area contributed by atoms with Gasteiger partial charge in [0.05, 0.1) is 5.56 Å². The van der Waals surface area contributed by atoms with E-state index >= 15 is 0 Å². The molecule has 1 heterocycles. The van der Waals surface area contributed by atoms with Crippen LogP contribution in [0.5, 0.6) is 11.5 Å². The summed E-state index contributed by atoms with van der Waals surface area (Å²) >= 11 is 0. The molecule has 1 aliphatic heterocycles. The fourth-order valence-corrected chi connectivity index (χ4v) is 2.08. The molecule has 5 nitrogen and oxygen atoms in total. The fourth-order valence-electron chi connectivity index (χ4n) is 2.08. The van der Waals surface area contributed by atoms with Gasteiger partial charge in [-0.15, -0.1) is 0 Å². The van der Waals surface area contributed by atoms with Crippen LogP contribution < -0.4 is 4.74 Å². The van der Waals surface area contributed by atoms with Crippen LogP contribution in [0, 0.1) is 0 Å². The van der Waals surface area contributed by atoms with E-state index in [1.54, 1.807) is 24.3 Å². The van der Waals surface area contributed by atoms with Crippen molar-refractivity contribution < 1.29 is 24.9 Å². The van der Waals surface area contributed by atoms with Gasteiger partial charge in [0, 0.05) is 11.6 Å². The van der Waals surface area contributed by atoms with Crippen molar-refractivity contribution in [1.82, 2.24) is 0 Å². The first kappa shape index (κ1) is 13.8. The molecule has 3 rings (SSSR count). The first-order valence-corrected chi connectivity index (χ1v) is 5.80. The predicted molar refractivity (Wildman–Crippen MR) is 70.9 cm³/mol. The van der Waals surface area contributed by atoms with Gasteiger partial charge in [-0.1, -0.05) is 30.3 Å². The summed E-state index contributed by atoms with van der Waals surface area (Å²) in [7, 11) is 0. The third-order valence-electron chi connectivity index (χ3n) is 3.02. The van der Waals surface area contributed by atoms with Gasteiger partial charge in [0.1, 0.15) is 11.5 Å². The number of phenolic OH excluding ortho intramolecular Hbond substituents is 1. The Morgan fingerprint density at radius 1 is 1.00 bits per heavy atom. The normalized spacial score (nSPS) is 16.9. The molecule has 1 atom stereocenters. The van der Waals surface area contributed by atoms with Gasteiger partial charge in [0.2, 0.25) is 11.6 Å². The summed E-state index contributed by atoms with van der Waals surface area (Å²) in [6.45, 7) is 0. The zero-order chi connectivity index (χ0) is 13.4. The average molecular weight is 272 g/mol. The minimum absolute atomic E-state index is 0. The van der Waals surface area contributed by atoms with Gasteiger partial charge >= 0.3 is 0 Å². The van der Waals surface area contributed by atoms with Crippen molar-refractivity contribution >= 4 is 11.6 Å². The molecule has 0 bridgehead atoms. The first-order chi connectivity index (χ1) is 9.16. The van der Waals surface area contributed by atoms with E-state index < -0.39 is 17.7 Å². The molecular formula is C15H12O5. The largest absolute Gasteiger partial charge is 0.508 e. The summed E-state index contributed by atoms with van der Waals surface area (Å²) in [4.78, 5) is 24.0. The monoisotopic (exact) mass is 272 g/mol. The molecule has 0 saturated heterocycles. The zero-order valence-electron chi connectivity index (χ0n) is 10.4. The van der Waals surface area contributed by atoms with Crippen LogP contribution in [0.3, 0.4) is 0 Å². The van der Waals surface area contributed by atoms with Crippen LogP contribution in [0.25, 0.3) is 0 Å². The minimum Gasteiger partial charge on any atom is -0.508 e. The smallest absolute Gasteiger partial charge is 0.248 e. The minimum atomic E-state index is -0.942. The quantitative estimate of drug-likeness (QED) is 0.795. The molecule has 0 fully saturated rings. The molecule has 0 saturated carbocycles. The van der Waals surface area contributed by atoms with Crippen LogP contribution in [0.1, 0.15) is 22.0 Å². The van der Waals surface area contributed by atoms with E-state index in [0.717, 1.165) is 0 Å². The molecule has 0 spiro atoms. The highest BCUT2D eigenvalue weighted by molar-refractivity contribution is 6.46. The van der Waals surface area contributed by atoms with Crippen molar-refractivity contribution in [2.75, 3.05) is 0 Å². The van der Waals surface area contributed by atoms with Crippen molar-refractivity contribution in [3.05, 3.63) is 59.7 Å². The van der Waals surface area contributed by atoms with Crippen molar-refractivity contribution in [2.24, 2.45) is 0 Å². The Morgan fingerprint density at radius 3 is 2.40 bits per heavy atom. The highest BCUT2D eigenvalue weighted by atomic mass is 16.5. The van der Waals surface area contributed by atoms with Gasteiger partial charge in [0.15, 0.2) is 6.10 Å². The van der Waals surface area contributed by atoms with E-state index in [2.05, 4.69) is 0 Å². The molecule has 3 N–H and O–H groups in total. The third kappa shape index (κ3) is 2.15. The van der Waals surface area contributed by atoms with E-state index in [1.165, 1.54) is 18.2 Å². The highest BCUT2D eigenvalue weighted by Crippen LogP contribution is 2.34. The third-order valence-corrected chi connectivity index (χ3v) is 3.02. The molecule has 5 heteroatoms. The SMILES string of the molecule is O.O=C1C(=O)C(c2ccccc2)Oc2cc(O)ccc21. The number of aromatic hydroxyl groups is 1. The van der Waals surface area contributed by atoms with Gasteiger partial charge in [0.25, 0.3) is 0 Å². The van der Waals surface area contributed by atoms with E-state index in [4.69, 9.17) is 4.74 Å². The Kier molecular flexibility index (Phi) is 3.54. The lowest BCUT2D eigenvalue weighted by atomic mass is 9.95. The van der Waals surface area contributed by atoms with Gasteiger partial charge < -0.3 is 15.3 Å². The second-order valence-electron chi connectivity index (χ2n) is 4.28. The van der Waals surface area contributed by atoms with E-state index in [-0.39, 0.29) is 22.5 Å². The van der Waals surface area contributed by atoms with Gasteiger partial charge in [-0.2, -0.15) is 0 Å². The second-order valence-corrected chi connectivity index (χ2v) is 4.28. The molecule has 0 amide bonds. The van der Waals surface area contributed by atoms with Crippen LogP contribution in [-0.2, 0) is 4.79 Å². The number of hydrogen-bond acceptors (Lipinski definition) is 4. The molecule has 102 valence electrons. The summed E-state index contributed by atoms with van der Waals surface area (Å²) in [6.07, 6.45) is -0.942. The van der Waals surface area contributed by atoms with Gasteiger partial charge in [-0.05, 0) is 12.1 Å². The molecule has 1 aliphatic rings. The summed E-state index contributed by atoms with van der Waals surface area (Å²) < 4.78 is 5.55. The van der Waals surface area contributed by atoms with Crippen LogP contribution >= 0.6 is 0 Å². The van der Waals surface area contributed by atoms with E-state index in [9.17, 15) is 14.7 Å². The topological polar surface area (TPSA) is 95.1 Å². The maximum absolute atomic E-state index is 12.0. The van der Waals surface area contributed by atoms with Gasteiger partial charge in [-0.3, -0.25) is 9.59 Å². The van der Waals surface area contributed by atoms with Crippen LogP contribution in [0.2, 0.25) is 0 Å². The molecule has 2 aromatic rings. The number of ketones is 2. The maximum Gasteiger partial charge on any atom is 0.248 e. The van der Waals surface area contributed by atoms with Gasteiger partial charge in [-0.25, -0.2) is 0 Å². The number of fused-ring (bicyclic) bond motifs is 1. The number of rotatable bonds is 1. The summed E-state index contributed by atoms with van der Waals surface area (Å²) in [6, 6.07) is 12.9. The lowest BCUT2D eigenvalue weighted by molar-refractivity contribution is -0.122. The number of carbonyl (C=O) groups is 2. The summed E-state index contributed by atoms with van der Waals surface area (Å²) in [5.74, 6) is -0.953. The number of Topliss-reactive ketones (excluding diaryl/α,β-unsaturated/α-hetero) is 2. The van der Waals surface area contributed by atoms with Crippen molar-refractivity contribution in [3.63, 3.8) is 0 Å². The number of benzene rings is 2. The Morgan fingerprint density at radius 2 is 1.70 bits per heavy atom. The standard InChI is InChI=1S/C15H10O4.H2O/c16-10-6-7-11-12(8-10)19-15(14(18)13(11)17)9-4-2-1-3-5-9;/h1-8,15-16H;1H2. The van der Waals surface area contributed by atoms with Crippen molar-refractivity contribution in [1.29, 1.82) is 0 Å². The number of carbonyl (C=O) groups excluding carboxylic acids is 2. The molecular weight excluding hydrogens is 260 g/mol. The van der Waals surface area contributed by atoms with E-state index in [0.29, 0.717) is 5.56 Å². The fraction of sp³-hybridized carbons (Fsp3) is 0.0667. The molecule has 20 heavy (non-hydrogen) atoms. The lowest BCUT2D eigenvalue weighted by Gasteiger charge is -2.24. The Hall–Kier alpha value is -2.66. The molecule has 0 aromatic heterocycles. The maximum atomic E-state index is 12.0. The zero-order valence-corrected chi connectivity index (χ0v) is 10.4. The number of hydrogen-bond donors (Lipinski definition) is 1. The lowest BCUT2D eigenvalue weighted by Crippen LogP contribution is -2.31. The molecule has 1 unspecified atom stereocenters. The van der Waals surface area contributed by atoms with E-state index in [1.807, 2.05) is 6.07 Å². The Balaban J connectivity index is 0.00000147. The Labute approximate surface area is 114 Å². The molecule has 0 radical (unpaired) electrons.